The van der Waals surface area contributed by atoms with Crippen molar-refractivity contribution in [1.29, 1.82) is 0 Å². The first-order valence-corrected chi connectivity index (χ1v) is 6.14. The summed E-state index contributed by atoms with van der Waals surface area (Å²) in [4.78, 5) is 21.5. The van der Waals surface area contributed by atoms with Crippen molar-refractivity contribution in [3.05, 3.63) is 18.1 Å². The van der Waals surface area contributed by atoms with Crippen LogP contribution in [0.1, 0.15) is 38.3 Å². The largest absolute Gasteiger partial charge is 0.469 e. The molecule has 0 N–H and O–H groups in total. The van der Waals surface area contributed by atoms with Crippen LogP contribution < -0.4 is 4.90 Å². The van der Waals surface area contributed by atoms with Crippen LogP contribution in [0.25, 0.3) is 0 Å². The number of carbonyl (C=O) groups excluding carboxylic acids is 1. The second kappa shape index (κ2) is 6.93. The smallest absolute Gasteiger partial charge is 0.305 e. The fraction of sp³-hybridized carbons (Fsp3) is 0.615. The van der Waals surface area contributed by atoms with E-state index in [4.69, 9.17) is 0 Å². The first kappa shape index (κ1) is 14.4. The van der Waals surface area contributed by atoms with E-state index in [1.807, 2.05) is 18.0 Å². The molecule has 0 saturated heterocycles. The monoisotopic (exact) mass is 251 g/mol. The Labute approximate surface area is 108 Å². The molecule has 0 aliphatic rings. The summed E-state index contributed by atoms with van der Waals surface area (Å²) in [6, 6.07) is 1.99. The molecule has 0 atom stereocenters. The van der Waals surface area contributed by atoms with E-state index in [2.05, 4.69) is 28.6 Å². The van der Waals surface area contributed by atoms with Crippen molar-refractivity contribution in [2.75, 3.05) is 25.6 Å². The normalized spacial score (nSPS) is 10.5. The van der Waals surface area contributed by atoms with E-state index in [1.165, 1.54) is 7.11 Å². The molecule has 18 heavy (non-hydrogen) atoms. The quantitative estimate of drug-likeness (QED) is 0.724. The van der Waals surface area contributed by atoms with Crippen molar-refractivity contribution in [3.8, 4) is 0 Å². The summed E-state index contributed by atoms with van der Waals surface area (Å²) >= 11 is 0. The number of anilines is 1. The SMILES string of the molecule is COC(=O)CCCN(C)c1cc(C(C)C)ncn1. The Hall–Kier alpha value is -1.65. The van der Waals surface area contributed by atoms with E-state index in [9.17, 15) is 4.79 Å². The van der Waals surface area contributed by atoms with E-state index in [0.717, 1.165) is 24.5 Å². The summed E-state index contributed by atoms with van der Waals surface area (Å²) in [7, 11) is 3.37. The standard InChI is InChI=1S/C13H21N3O2/c1-10(2)11-8-12(15-9-14-11)16(3)7-5-6-13(17)18-4/h8-10H,5-7H2,1-4H3. The molecule has 1 aromatic heterocycles. The molecule has 0 fully saturated rings. The number of ether oxygens (including phenoxy) is 1. The fourth-order valence-electron chi connectivity index (χ4n) is 1.56. The highest BCUT2D eigenvalue weighted by atomic mass is 16.5. The maximum Gasteiger partial charge on any atom is 0.305 e. The number of carbonyl (C=O) groups is 1. The maximum absolute atomic E-state index is 11.0. The van der Waals surface area contributed by atoms with Crippen molar-refractivity contribution in [3.63, 3.8) is 0 Å². The molecule has 0 aliphatic heterocycles. The van der Waals surface area contributed by atoms with Gasteiger partial charge in [0.1, 0.15) is 12.1 Å². The minimum Gasteiger partial charge on any atom is -0.469 e. The maximum atomic E-state index is 11.0. The van der Waals surface area contributed by atoms with Crippen LogP contribution in [-0.2, 0) is 9.53 Å². The molecule has 1 aromatic rings. The third-order valence-corrected chi connectivity index (χ3v) is 2.76. The average molecular weight is 251 g/mol. The number of methoxy groups -OCH3 is 1. The summed E-state index contributed by atoms with van der Waals surface area (Å²) in [5.74, 6) is 1.10. The van der Waals surface area contributed by atoms with Crippen molar-refractivity contribution in [2.24, 2.45) is 0 Å². The van der Waals surface area contributed by atoms with Crippen molar-refractivity contribution >= 4 is 11.8 Å². The predicted molar refractivity (Wildman–Crippen MR) is 70.6 cm³/mol. The van der Waals surface area contributed by atoms with E-state index < -0.39 is 0 Å². The van der Waals surface area contributed by atoms with Crippen LogP contribution in [0.4, 0.5) is 5.82 Å². The Kier molecular flexibility index (Phi) is 5.55. The van der Waals surface area contributed by atoms with Gasteiger partial charge in [-0.2, -0.15) is 0 Å². The van der Waals surface area contributed by atoms with Gasteiger partial charge in [-0.05, 0) is 12.3 Å². The van der Waals surface area contributed by atoms with Gasteiger partial charge in [0.25, 0.3) is 0 Å². The molecule has 0 bridgehead atoms. The molecule has 0 spiro atoms. The minimum absolute atomic E-state index is 0.172. The fourth-order valence-corrected chi connectivity index (χ4v) is 1.56. The Morgan fingerprint density at radius 2 is 2.17 bits per heavy atom. The van der Waals surface area contributed by atoms with Gasteiger partial charge in [0.2, 0.25) is 0 Å². The highest BCUT2D eigenvalue weighted by Crippen LogP contribution is 2.16. The second-order valence-corrected chi connectivity index (χ2v) is 4.56. The van der Waals surface area contributed by atoms with Crippen LogP contribution in [0.15, 0.2) is 12.4 Å². The number of esters is 1. The predicted octanol–water partition coefficient (Wildman–Crippen LogP) is 1.99. The number of hydrogen-bond donors (Lipinski definition) is 0. The average Bonchev–Trinajstić information content (AvgIpc) is 2.38. The molecule has 0 aromatic carbocycles. The summed E-state index contributed by atoms with van der Waals surface area (Å²) in [6.07, 6.45) is 2.77. The van der Waals surface area contributed by atoms with Gasteiger partial charge in [-0.15, -0.1) is 0 Å². The van der Waals surface area contributed by atoms with E-state index in [-0.39, 0.29) is 5.97 Å². The van der Waals surface area contributed by atoms with Crippen LogP contribution in [0, 0.1) is 0 Å². The summed E-state index contributed by atoms with van der Waals surface area (Å²) in [6.45, 7) is 4.97. The van der Waals surface area contributed by atoms with Crippen LogP contribution in [0.2, 0.25) is 0 Å². The van der Waals surface area contributed by atoms with Gasteiger partial charge in [0.05, 0.1) is 7.11 Å². The molecule has 100 valence electrons. The van der Waals surface area contributed by atoms with E-state index in [0.29, 0.717) is 12.3 Å². The Morgan fingerprint density at radius 1 is 1.44 bits per heavy atom. The lowest BCUT2D eigenvalue weighted by Crippen LogP contribution is -2.21. The van der Waals surface area contributed by atoms with Crippen LogP contribution in [-0.4, -0.2) is 36.6 Å². The summed E-state index contributed by atoms with van der Waals surface area (Å²) in [5.41, 5.74) is 1.03. The number of hydrogen-bond acceptors (Lipinski definition) is 5. The van der Waals surface area contributed by atoms with Gasteiger partial charge >= 0.3 is 5.97 Å². The summed E-state index contributed by atoms with van der Waals surface area (Å²) < 4.78 is 4.61. The third-order valence-electron chi connectivity index (χ3n) is 2.76. The lowest BCUT2D eigenvalue weighted by atomic mass is 10.1. The minimum atomic E-state index is -0.172. The molecule has 0 saturated carbocycles. The van der Waals surface area contributed by atoms with Gasteiger partial charge in [-0.3, -0.25) is 4.79 Å². The first-order valence-electron chi connectivity index (χ1n) is 6.14. The van der Waals surface area contributed by atoms with E-state index >= 15 is 0 Å². The molecular weight excluding hydrogens is 230 g/mol. The Bertz CT molecular complexity index is 394. The molecule has 0 amide bonds. The Morgan fingerprint density at radius 3 is 2.78 bits per heavy atom. The Balaban J connectivity index is 2.53. The zero-order valence-electron chi connectivity index (χ0n) is 11.5. The molecule has 0 radical (unpaired) electrons. The van der Waals surface area contributed by atoms with Gasteiger partial charge in [0, 0.05) is 31.8 Å². The highest BCUT2D eigenvalue weighted by Gasteiger charge is 2.08. The van der Waals surface area contributed by atoms with Crippen LogP contribution in [0.3, 0.4) is 0 Å². The molecule has 1 heterocycles. The van der Waals surface area contributed by atoms with Gasteiger partial charge < -0.3 is 9.64 Å². The van der Waals surface area contributed by atoms with E-state index in [1.54, 1.807) is 6.33 Å². The third kappa shape index (κ3) is 4.31. The number of aromatic nitrogens is 2. The molecule has 0 unspecified atom stereocenters. The highest BCUT2D eigenvalue weighted by molar-refractivity contribution is 5.69. The summed E-state index contributed by atoms with van der Waals surface area (Å²) in [5, 5.41) is 0. The zero-order valence-corrected chi connectivity index (χ0v) is 11.5. The number of nitrogens with zero attached hydrogens (tertiary/aromatic N) is 3. The lowest BCUT2D eigenvalue weighted by Gasteiger charge is -2.18. The lowest BCUT2D eigenvalue weighted by molar-refractivity contribution is -0.140. The number of rotatable bonds is 6. The van der Waals surface area contributed by atoms with Crippen LogP contribution >= 0.6 is 0 Å². The first-order chi connectivity index (χ1) is 8.54. The second-order valence-electron chi connectivity index (χ2n) is 4.56. The van der Waals surface area contributed by atoms with Gasteiger partial charge in [-0.1, -0.05) is 13.8 Å². The van der Waals surface area contributed by atoms with Crippen LogP contribution in [0.5, 0.6) is 0 Å². The van der Waals surface area contributed by atoms with Gasteiger partial charge in [-0.25, -0.2) is 9.97 Å². The van der Waals surface area contributed by atoms with Gasteiger partial charge in [0.15, 0.2) is 0 Å². The topological polar surface area (TPSA) is 55.3 Å². The molecule has 0 aliphatic carbocycles. The van der Waals surface area contributed by atoms with Crippen molar-refractivity contribution in [1.82, 2.24) is 9.97 Å². The molecular formula is C13H21N3O2. The molecule has 5 heteroatoms. The molecule has 1 rings (SSSR count). The zero-order chi connectivity index (χ0) is 13.5. The van der Waals surface area contributed by atoms with Crippen molar-refractivity contribution < 1.29 is 9.53 Å². The van der Waals surface area contributed by atoms with Crippen molar-refractivity contribution in [2.45, 2.75) is 32.6 Å². The molecule has 5 nitrogen and oxygen atoms in total.